The average Bonchev–Trinajstić information content (AvgIpc) is 2.57. The van der Waals surface area contributed by atoms with Gasteiger partial charge in [0.05, 0.1) is 18.9 Å². The fourth-order valence-corrected chi connectivity index (χ4v) is 1.23. The molecule has 1 aromatic heterocycles. The third-order valence-corrected chi connectivity index (χ3v) is 2.19. The first-order valence-corrected chi connectivity index (χ1v) is 4.46. The highest BCUT2D eigenvalue weighted by molar-refractivity contribution is 5.94. The van der Waals surface area contributed by atoms with Crippen molar-refractivity contribution in [3.63, 3.8) is 0 Å². The molecule has 0 radical (unpaired) electrons. The van der Waals surface area contributed by atoms with Crippen molar-refractivity contribution in [1.29, 1.82) is 0 Å². The largest absolute Gasteiger partial charge is 0.280 e. The van der Waals surface area contributed by atoms with Crippen LogP contribution < -0.4 is 0 Å². The lowest BCUT2D eigenvalue weighted by Crippen LogP contribution is -2.25. The summed E-state index contributed by atoms with van der Waals surface area (Å²) in [4.78, 5) is 16.5. The maximum Gasteiger partial charge on any atom is 0.280 e. The van der Waals surface area contributed by atoms with Crippen molar-refractivity contribution < 1.29 is 9.63 Å². The van der Waals surface area contributed by atoms with Gasteiger partial charge in [-0.15, -0.1) is 0 Å². The number of carbonyl (C=O) groups is 1. The minimum absolute atomic E-state index is 0.176. The van der Waals surface area contributed by atoms with Gasteiger partial charge in [0.25, 0.3) is 5.91 Å². The average molecular weight is 197 g/mol. The minimum atomic E-state index is -0.176. The Kier molecular flexibility index (Phi) is 3.24. The first-order chi connectivity index (χ1) is 6.61. The molecule has 78 valence electrons. The Balaban J connectivity index is 2.96. The summed E-state index contributed by atoms with van der Waals surface area (Å²) in [7, 11) is 3.03. The van der Waals surface area contributed by atoms with Crippen molar-refractivity contribution in [3.8, 4) is 0 Å². The van der Waals surface area contributed by atoms with E-state index < -0.39 is 0 Å². The van der Waals surface area contributed by atoms with Crippen LogP contribution in [0.25, 0.3) is 0 Å². The molecular formula is C9H15N3O2. The van der Waals surface area contributed by atoms with Crippen molar-refractivity contribution in [1.82, 2.24) is 14.8 Å². The van der Waals surface area contributed by atoms with Gasteiger partial charge < -0.3 is 0 Å². The van der Waals surface area contributed by atoms with Crippen LogP contribution in [0.15, 0.2) is 6.20 Å². The highest BCUT2D eigenvalue weighted by Crippen LogP contribution is 2.09. The number of carbonyl (C=O) groups excluding carboxylic acids is 1. The second-order valence-electron chi connectivity index (χ2n) is 2.94. The summed E-state index contributed by atoms with van der Waals surface area (Å²) in [5.41, 5.74) is 1.44. The van der Waals surface area contributed by atoms with Crippen LogP contribution in [0.3, 0.4) is 0 Å². The maximum atomic E-state index is 11.7. The van der Waals surface area contributed by atoms with E-state index in [1.165, 1.54) is 12.2 Å². The number of aromatic nitrogens is 2. The smallest absolute Gasteiger partial charge is 0.274 e. The number of amides is 1. The summed E-state index contributed by atoms with van der Waals surface area (Å²) in [6.07, 6.45) is 1.57. The van der Waals surface area contributed by atoms with Gasteiger partial charge in [0.1, 0.15) is 0 Å². The number of nitrogens with zero attached hydrogens (tertiary/aromatic N) is 3. The Morgan fingerprint density at radius 2 is 2.36 bits per heavy atom. The van der Waals surface area contributed by atoms with Crippen molar-refractivity contribution in [2.75, 3.05) is 14.2 Å². The Bertz CT molecular complexity index is 333. The van der Waals surface area contributed by atoms with E-state index in [9.17, 15) is 4.79 Å². The van der Waals surface area contributed by atoms with Crippen molar-refractivity contribution in [3.05, 3.63) is 17.5 Å². The Hall–Kier alpha value is -1.36. The van der Waals surface area contributed by atoms with Gasteiger partial charge in [-0.25, -0.2) is 5.06 Å². The molecule has 1 heterocycles. The topological polar surface area (TPSA) is 47.4 Å². The van der Waals surface area contributed by atoms with Crippen LogP contribution in [-0.2, 0) is 11.4 Å². The molecule has 5 heteroatoms. The number of rotatable bonds is 3. The molecule has 0 unspecified atom stereocenters. The quantitative estimate of drug-likeness (QED) is 0.675. The van der Waals surface area contributed by atoms with Gasteiger partial charge in [0.15, 0.2) is 0 Å². The summed E-state index contributed by atoms with van der Waals surface area (Å²) >= 11 is 0. The standard InChI is InChI=1S/C9H15N3O2/c1-5-12-7(2)8(6-10-12)9(13)11(3)14-4/h6H,5H2,1-4H3. The van der Waals surface area contributed by atoms with Crippen LogP contribution in [0, 0.1) is 6.92 Å². The Morgan fingerprint density at radius 1 is 1.71 bits per heavy atom. The summed E-state index contributed by atoms with van der Waals surface area (Å²) in [6.45, 7) is 4.61. The molecule has 0 aliphatic heterocycles. The molecule has 0 N–H and O–H groups in total. The van der Waals surface area contributed by atoms with Crippen LogP contribution >= 0.6 is 0 Å². The molecule has 0 atom stereocenters. The van der Waals surface area contributed by atoms with Gasteiger partial charge >= 0.3 is 0 Å². The van der Waals surface area contributed by atoms with Crippen LogP contribution in [-0.4, -0.2) is 34.9 Å². The Labute approximate surface area is 83.2 Å². The van der Waals surface area contributed by atoms with Crippen molar-refractivity contribution in [2.24, 2.45) is 0 Å². The second-order valence-corrected chi connectivity index (χ2v) is 2.94. The van der Waals surface area contributed by atoms with Crippen LogP contribution in [0.4, 0.5) is 0 Å². The van der Waals surface area contributed by atoms with Crippen molar-refractivity contribution >= 4 is 5.91 Å². The second kappa shape index (κ2) is 4.23. The van der Waals surface area contributed by atoms with Crippen LogP contribution in [0.5, 0.6) is 0 Å². The van der Waals surface area contributed by atoms with Crippen molar-refractivity contribution in [2.45, 2.75) is 20.4 Å². The SMILES string of the molecule is CCn1ncc(C(=O)N(C)OC)c1C. The van der Waals surface area contributed by atoms with E-state index >= 15 is 0 Å². The molecule has 0 aliphatic rings. The fraction of sp³-hybridized carbons (Fsp3) is 0.556. The third-order valence-electron chi connectivity index (χ3n) is 2.19. The molecule has 1 rings (SSSR count). The summed E-state index contributed by atoms with van der Waals surface area (Å²) in [5, 5.41) is 5.27. The van der Waals surface area contributed by atoms with E-state index in [4.69, 9.17) is 4.84 Å². The van der Waals surface area contributed by atoms with Gasteiger partial charge in [-0.1, -0.05) is 0 Å². The predicted octanol–water partition coefficient (Wildman–Crippen LogP) is 0.845. The monoisotopic (exact) mass is 197 g/mol. The first kappa shape index (κ1) is 10.7. The van der Waals surface area contributed by atoms with E-state index in [1.54, 1.807) is 17.9 Å². The third kappa shape index (κ3) is 1.77. The lowest BCUT2D eigenvalue weighted by Gasteiger charge is -2.12. The zero-order valence-corrected chi connectivity index (χ0v) is 8.94. The molecule has 0 aromatic carbocycles. The molecule has 5 nitrogen and oxygen atoms in total. The lowest BCUT2D eigenvalue weighted by atomic mass is 10.2. The molecule has 14 heavy (non-hydrogen) atoms. The summed E-state index contributed by atoms with van der Waals surface area (Å²) in [6, 6.07) is 0. The highest BCUT2D eigenvalue weighted by Gasteiger charge is 2.17. The van der Waals surface area contributed by atoms with E-state index in [0.717, 1.165) is 12.2 Å². The molecule has 1 amide bonds. The van der Waals surface area contributed by atoms with Gasteiger partial charge in [0.2, 0.25) is 0 Å². The van der Waals surface area contributed by atoms with E-state index in [0.29, 0.717) is 5.56 Å². The fourth-order valence-electron chi connectivity index (χ4n) is 1.23. The number of aryl methyl sites for hydroxylation is 1. The minimum Gasteiger partial charge on any atom is -0.274 e. The molecule has 0 saturated carbocycles. The van der Waals surface area contributed by atoms with Crippen LogP contribution in [0.2, 0.25) is 0 Å². The molecule has 0 aliphatic carbocycles. The zero-order valence-electron chi connectivity index (χ0n) is 8.94. The van der Waals surface area contributed by atoms with E-state index in [1.807, 2.05) is 13.8 Å². The highest BCUT2D eigenvalue weighted by atomic mass is 16.7. The molecule has 0 fully saturated rings. The van der Waals surface area contributed by atoms with Gasteiger partial charge in [0, 0.05) is 19.3 Å². The number of hydrogen-bond acceptors (Lipinski definition) is 3. The van der Waals surface area contributed by atoms with Gasteiger partial charge in [-0.05, 0) is 13.8 Å². The molecule has 0 saturated heterocycles. The van der Waals surface area contributed by atoms with E-state index in [2.05, 4.69) is 5.10 Å². The predicted molar refractivity (Wildman–Crippen MR) is 51.7 cm³/mol. The van der Waals surface area contributed by atoms with Crippen LogP contribution in [0.1, 0.15) is 23.0 Å². The normalized spacial score (nSPS) is 10.3. The Morgan fingerprint density at radius 3 is 2.79 bits per heavy atom. The zero-order chi connectivity index (χ0) is 10.7. The lowest BCUT2D eigenvalue weighted by molar-refractivity contribution is -0.0757. The van der Waals surface area contributed by atoms with Gasteiger partial charge in [-0.3, -0.25) is 14.3 Å². The van der Waals surface area contributed by atoms with Gasteiger partial charge in [-0.2, -0.15) is 5.10 Å². The molecule has 0 bridgehead atoms. The number of hydrogen-bond donors (Lipinski definition) is 0. The maximum absolute atomic E-state index is 11.7. The molecule has 1 aromatic rings. The molecule has 0 spiro atoms. The molecular weight excluding hydrogens is 182 g/mol. The summed E-state index contributed by atoms with van der Waals surface area (Å²) in [5.74, 6) is -0.176. The first-order valence-electron chi connectivity index (χ1n) is 4.46. The number of hydroxylamine groups is 2. The summed E-state index contributed by atoms with van der Waals surface area (Å²) < 4.78 is 1.77. The van der Waals surface area contributed by atoms with E-state index in [-0.39, 0.29) is 5.91 Å².